The average molecular weight is 246 g/mol. The first-order valence-corrected chi connectivity index (χ1v) is 5.64. The molecule has 1 aliphatic rings. The molecule has 0 saturated carbocycles. The molecular formula is C13H14N2O3. The van der Waals surface area contributed by atoms with Gasteiger partial charge < -0.3 is 10.1 Å². The normalized spacial score (nSPS) is 14.8. The van der Waals surface area contributed by atoms with Crippen molar-refractivity contribution < 1.29 is 14.3 Å². The molecule has 0 aromatic heterocycles. The summed E-state index contributed by atoms with van der Waals surface area (Å²) in [7, 11) is 1.57. The molecule has 94 valence electrons. The minimum absolute atomic E-state index is 0.284. The highest BCUT2D eigenvalue weighted by Crippen LogP contribution is 2.20. The Labute approximate surface area is 105 Å². The van der Waals surface area contributed by atoms with E-state index in [1.807, 2.05) is 0 Å². The molecule has 0 atom stereocenters. The van der Waals surface area contributed by atoms with Gasteiger partial charge in [0, 0.05) is 24.4 Å². The fraction of sp³-hybridized carbons (Fsp3) is 0.231. The number of hydrogen-bond donors (Lipinski definition) is 1. The fourth-order valence-corrected chi connectivity index (χ4v) is 1.75. The summed E-state index contributed by atoms with van der Waals surface area (Å²) in [6.07, 6.45) is 1.31. The molecule has 5 heteroatoms. The number of hydrogen-bond acceptors (Lipinski definition) is 4. The number of benzene rings is 1. The standard InChI is InChI=1S/C13H14N2O3/c1-3-15-12(16)8-11(13(15)17)14-9-5-4-6-10(7-9)18-2/h4-8,14H,3H2,1-2H3. The van der Waals surface area contributed by atoms with E-state index in [1.165, 1.54) is 11.0 Å². The molecule has 1 aromatic rings. The second kappa shape index (κ2) is 4.91. The zero-order valence-electron chi connectivity index (χ0n) is 10.3. The SMILES string of the molecule is CCN1C(=O)C=C(Nc2cccc(OC)c2)C1=O. The van der Waals surface area contributed by atoms with Gasteiger partial charge in [-0.1, -0.05) is 6.07 Å². The Morgan fingerprint density at radius 1 is 1.33 bits per heavy atom. The molecule has 1 aromatic carbocycles. The predicted octanol–water partition coefficient (Wildman–Crippen LogP) is 1.38. The lowest BCUT2D eigenvalue weighted by Gasteiger charge is -2.12. The summed E-state index contributed by atoms with van der Waals surface area (Å²) in [5, 5.41) is 2.93. The fourth-order valence-electron chi connectivity index (χ4n) is 1.75. The van der Waals surface area contributed by atoms with Crippen LogP contribution in [-0.2, 0) is 9.59 Å². The van der Waals surface area contributed by atoms with Gasteiger partial charge in [0.15, 0.2) is 0 Å². The molecule has 0 fully saturated rings. The zero-order chi connectivity index (χ0) is 13.1. The van der Waals surface area contributed by atoms with Gasteiger partial charge in [-0.2, -0.15) is 0 Å². The average Bonchev–Trinajstić information content (AvgIpc) is 2.64. The Balaban J connectivity index is 2.17. The number of nitrogens with zero attached hydrogens (tertiary/aromatic N) is 1. The molecule has 1 aliphatic heterocycles. The second-order valence-corrected chi connectivity index (χ2v) is 3.80. The lowest BCUT2D eigenvalue weighted by molar-refractivity contribution is -0.136. The molecule has 0 unspecified atom stereocenters. The number of anilines is 1. The summed E-state index contributed by atoms with van der Waals surface area (Å²) in [4.78, 5) is 24.5. The molecule has 2 amide bonds. The maximum Gasteiger partial charge on any atom is 0.277 e. The third-order valence-corrected chi connectivity index (χ3v) is 2.67. The Kier molecular flexibility index (Phi) is 3.32. The van der Waals surface area contributed by atoms with Gasteiger partial charge in [0.2, 0.25) is 0 Å². The second-order valence-electron chi connectivity index (χ2n) is 3.80. The molecule has 5 nitrogen and oxygen atoms in total. The summed E-state index contributed by atoms with van der Waals surface area (Å²) < 4.78 is 5.09. The van der Waals surface area contributed by atoms with Crippen LogP contribution in [0.25, 0.3) is 0 Å². The molecule has 2 rings (SSSR count). The van der Waals surface area contributed by atoms with Crippen LogP contribution in [0.5, 0.6) is 5.75 Å². The minimum Gasteiger partial charge on any atom is -0.497 e. The first kappa shape index (κ1) is 12.2. The van der Waals surface area contributed by atoms with E-state index in [0.717, 1.165) is 0 Å². The van der Waals surface area contributed by atoms with Crippen LogP contribution >= 0.6 is 0 Å². The predicted molar refractivity (Wildman–Crippen MR) is 67.1 cm³/mol. The smallest absolute Gasteiger partial charge is 0.277 e. The van der Waals surface area contributed by atoms with Crippen LogP contribution in [0.2, 0.25) is 0 Å². The van der Waals surface area contributed by atoms with Crippen LogP contribution in [0.4, 0.5) is 5.69 Å². The van der Waals surface area contributed by atoms with Gasteiger partial charge in [0.25, 0.3) is 11.8 Å². The van der Waals surface area contributed by atoms with Gasteiger partial charge in [0.05, 0.1) is 7.11 Å². The third kappa shape index (κ3) is 2.20. The maximum absolute atomic E-state index is 11.8. The molecule has 0 aliphatic carbocycles. The van der Waals surface area contributed by atoms with Gasteiger partial charge in [-0.15, -0.1) is 0 Å². The summed E-state index contributed by atoms with van der Waals surface area (Å²) in [6.45, 7) is 2.13. The molecule has 0 saturated heterocycles. The van der Waals surface area contributed by atoms with Crippen LogP contribution in [0, 0.1) is 0 Å². The number of carbonyl (C=O) groups excluding carboxylic acids is 2. The summed E-state index contributed by atoms with van der Waals surface area (Å²) in [6, 6.07) is 7.17. The van der Waals surface area contributed by atoms with Gasteiger partial charge in [-0.25, -0.2) is 0 Å². The van der Waals surface area contributed by atoms with E-state index in [2.05, 4.69) is 5.32 Å². The van der Waals surface area contributed by atoms with Gasteiger partial charge >= 0.3 is 0 Å². The van der Waals surface area contributed by atoms with Crippen molar-refractivity contribution >= 4 is 17.5 Å². The summed E-state index contributed by atoms with van der Waals surface area (Å²) in [5.41, 5.74) is 0.995. The first-order valence-electron chi connectivity index (χ1n) is 5.64. The van der Waals surface area contributed by atoms with Gasteiger partial charge in [-0.05, 0) is 19.1 Å². The first-order chi connectivity index (χ1) is 8.65. The monoisotopic (exact) mass is 246 g/mol. The summed E-state index contributed by atoms with van der Waals surface area (Å²) >= 11 is 0. The van der Waals surface area contributed by atoms with Crippen molar-refractivity contribution in [2.45, 2.75) is 6.92 Å². The van der Waals surface area contributed by atoms with E-state index in [9.17, 15) is 9.59 Å². The van der Waals surface area contributed by atoms with Crippen LogP contribution in [0.1, 0.15) is 6.92 Å². The highest BCUT2D eigenvalue weighted by atomic mass is 16.5. The number of carbonyl (C=O) groups is 2. The topological polar surface area (TPSA) is 58.6 Å². The molecule has 18 heavy (non-hydrogen) atoms. The number of rotatable bonds is 4. The van der Waals surface area contributed by atoms with Crippen molar-refractivity contribution in [1.29, 1.82) is 0 Å². The quantitative estimate of drug-likeness (QED) is 0.815. The maximum atomic E-state index is 11.8. The van der Waals surface area contributed by atoms with Crippen LogP contribution in [0.3, 0.4) is 0 Å². The van der Waals surface area contributed by atoms with E-state index in [-0.39, 0.29) is 17.5 Å². The highest BCUT2D eigenvalue weighted by molar-refractivity contribution is 6.17. The van der Waals surface area contributed by atoms with E-state index in [0.29, 0.717) is 18.0 Å². The Hall–Kier alpha value is -2.30. The van der Waals surface area contributed by atoms with Crippen molar-refractivity contribution in [3.63, 3.8) is 0 Å². The Morgan fingerprint density at radius 2 is 2.11 bits per heavy atom. The third-order valence-electron chi connectivity index (χ3n) is 2.67. The van der Waals surface area contributed by atoms with Gasteiger partial charge in [-0.3, -0.25) is 14.5 Å². The number of ether oxygens (including phenoxy) is 1. The van der Waals surface area contributed by atoms with E-state index < -0.39 is 0 Å². The van der Waals surface area contributed by atoms with Crippen molar-refractivity contribution in [1.82, 2.24) is 4.90 Å². The molecule has 0 radical (unpaired) electrons. The molecule has 1 heterocycles. The minimum atomic E-state index is -0.301. The van der Waals surface area contributed by atoms with Crippen molar-refractivity contribution in [3.8, 4) is 5.75 Å². The largest absolute Gasteiger partial charge is 0.497 e. The molecule has 0 bridgehead atoms. The highest BCUT2D eigenvalue weighted by Gasteiger charge is 2.29. The molecular weight excluding hydrogens is 232 g/mol. The number of methoxy groups -OCH3 is 1. The van der Waals surface area contributed by atoms with Crippen molar-refractivity contribution in [2.75, 3.05) is 19.0 Å². The van der Waals surface area contributed by atoms with Crippen LogP contribution in [-0.4, -0.2) is 30.4 Å². The van der Waals surface area contributed by atoms with E-state index in [4.69, 9.17) is 4.74 Å². The number of likely N-dealkylation sites (N-methyl/N-ethyl adjacent to an activating group) is 1. The van der Waals surface area contributed by atoms with E-state index >= 15 is 0 Å². The van der Waals surface area contributed by atoms with Crippen molar-refractivity contribution in [3.05, 3.63) is 36.0 Å². The molecule has 1 N–H and O–H groups in total. The van der Waals surface area contributed by atoms with Gasteiger partial charge in [0.1, 0.15) is 11.4 Å². The van der Waals surface area contributed by atoms with E-state index in [1.54, 1.807) is 38.3 Å². The summed E-state index contributed by atoms with van der Waals surface area (Å²) in [5.74, 6) is 0.0999. The molecule has 0 spiro atoms. The van der Waals surface area contributed by atoms with Crippen LogP contribution < -0.4 is 10.1 Å². The number of imide groups is 1. The van der Waals surface area contributed by atoms with Crippen molar-refractivity contribution in [2.24, 2.45) is 0 Å². The Bertz CT molecular complexity index is 523. The number of nitrogens with one attached hydrogen (secondary N) is 1. The zero-order valence-corrected chi connectivity index (χ0v) is 10.3. The lowest BCUT2D eigenvalue weighted by atomic mass is 10.3. The lowest BCUT2D eigenvalue weighted by Crippen LogP contribution is -2.31. The van der Waals surface area contributed by atoms with Crippen LogP contribution in [0.15, 0.2) is 36.0 Å². The number of amides is 2. The Morgan fingerprint density at radius 3 is 2.72 bits per heavy atom.